The fourth-order valence-corrected chi connectivity index (χ4v) is 7.21. The van der Waals surface area contributed by atoms with Gasteiger partial charge in [-0.1, -0.05) is 56.0 Å². The molecule has 3 aromatic rings. The van der Waals surface area contributed by atoms with E-state index >= 15 is 0 Å². The molecule has 1 N–H and O–H groups in total. The number of aryl methyl sites for hydroxylation is 1. The number of carbonyl (C=O) groups is 2. The van der Waals surface area contributed by atoms with E-state index in [0.29, 0.717) is 23.6 Å². The number of amides is 2. The molecule has 2 amide bonds. The quantitative estimate of drug-likeness (QED) is 0.246. The summed E-state index contributed by atoms with van der Waals surface area (Å²) >= 11 is 0. The second kappa shape index (κ2) is 15.8. The van der Waals surface area contributed by atoms with Crippen LogP contribution in [-0.4, -0.2) is 65.1 Å². The van der Waals surface area contributed by atoms with Gasteiger partial charge in [0.1, 0.15) is 18.3 Å². The van der Waals surface area contributed by atoms with Gasteiger partial charge in [0.25, 0.3) is 10.0 Å². The zero-order valence-corrected chi connectivity index (χ0v) is 28.1. The first-order valence-electron chi connectivity index (χ1n) is 15.7. The van der Waals surface area contributed by atoms with Crippen molar-refractivity contribution in [2.24, 2.45) is 0 Å². The van der Waals surface area contributed by atoms with Crippen molar-refractivity contribution in [3.05, 3.63) is 77.9 Å². The predicted octanol–water partition coefficient (Wildman–Crippen LogP) is 5.47. The number of benzene rings is 3. The van der Waals surface area contributed by atoms with Gasteiger partial charge in [0.15, 0.2) is 11.5 Å². The van der Waals surface area contributed by atoms with Crippen LogP contribution in [-0.2, 0) is 26.2 Å². The lowest BCUT2D eigenvalue weighted by Gasteiger charge is -2.34. The number of anilines is 1. The van der Waals surface area contributed by atoms with Gasteiger partial charge in [0, 0.05) is 18.7 Å². The van der Waals surface area contributed by atoms with Crippen molar-refractivity contribution < 1.29 is 32.2 Å². The number of methoxy groups -OCH3 is 3. The molecule has 1 atom stereocenters. The van der Waals surface area contributed by atoms with Crippen LogP contribution in [0.5, 0.6) is 17.2 Å². The highest BCUT2D eigenvalue weighted by molar-refractivity contribution is 7.92. The molecular weight excluding hydrogens is 606 g/mol. The molecule has 1 saturated carbocycles. The fourth-order valence-electron chi connectivity index (χ4n) is 5.78. The van der Waals surface area contributed by atoms with E-state index in [1.165, 1.54) is 37.3 Å². The van der Waals surface area contributed by atoms with Crippen LogP contribution in [0.2, 0.25) is 0 Å². The van der Waals surface area contributed by atoms with Crippen molar-refractivity contribution in [3.63, 3.8) is 0 Å². The van der Waals surface area contributed by atoms with E-state index in [9.17, 15) is 18.0 Å². The van der Waals surface area contributed by atoms with Crippen LogP contribution < -0.4 is 23.8 Å². The Kier molecular flexibility index (Phi) is 11.9. The minimum absolute atomic E-state index is 0.0542. The third-order valence-corrected chi connectivity index (χ3v) is 10.1. The molecule has 46 heavy (non-hydrogen) atoms. The van der Waals surface area contributed by atoms with E-state index in [1.807, 2.05) is 32.0 Å². The van der Waals surface area contributed by atoms with Crippen molar-refractivity contribution in [2.75, 3.05) is 32.2 Å². The second-order valence-electron chi connectivity index (χ2n) is 11.5. The van der Waals surface area contributed by atoms with E-state index in [0.717, 1.165) is 47.5 Å². The lowest BCUT2D eigenvalue weighted by atomic mass is 9.95. The molecule has 0 saturated heterocycles. The Bertz CT molecular complexity index is 1590. The zero-order valence-electron chi connectivity index (χ0n) is 27.3. The first-order chi connectivity index (χ1) is 22.1. The summed E-state index contributed by atoms with van der Waals surface area (Å²) in [5.41, 5.74) is 2.00. The predicted molar refractivity (Wildman–Crippen MR) is 178 cm³/mol. The van der Waals surface area contributed by atoms with Gasteiger partial charge >= 0.3 is 0 Å². The minimum Gasteiger partial charge on any atom is -0.497 e. The number of sulfonamides is 1. The highest BCUT2D eigenvalue weighted by Crippen LogP contribution is 2.32. The summed E-state index contributed by atoms with van der Waals surface area (Å²) in [6.07, 6.45) is 5.39. The third kappa shape index (κ3) is 8.31. The topological polar surface area (TPSA) is 114 Å². The van der Waals surface area contributed by atoms with Gasteiger partial charge in [-0.3, -0.25) is 13.9 Å². The summed E-state index contributed by atoms with van der Waals surface area (Å²) in [7, 11) is 0.173. The van der Waals surface area contributed by atoms with Crippen molar-refractivity contribution in [1.82, 2.24) is 10.2 Å². The summed E-state index contributed by atoms with van der Waals surface area (Å²) in [4.78, 5) is 29.6. The molecule has 0 bridgehead atoms. The Labute approximate surface area is 272 Å². The molecule has 248 valence electrons. The lowest BCUT2D eigenvalue weighted by Crippen LogP contribution is -2.54. The summed E-state index contributed by atoms with van der Waals surface area (Å²) in [5, 5.41) is 3.17. The number of carbonyl (C=O) groups excluding carboxylic acids is 2. The Hall–Kier alpha value is -4.25. The van der Waals surface area contributed by atoms with Crippen molar-refractivity contribution >= 4 is 27.5 Å². The van der Waals surface area contributed by atoms with Gasteiger partial charge in [0.2, 0.25) is 11.8 Å². The Balaban J connectivity index is 1.74. The molecule has 0 spiro atoms. The Morgan fingerprint density at radius 2 is 1.59 bits per heavy atom. The summed E-state index contributed by atoms with van der Waals surface area (Å²) in [5.74, 6) is 0.470. The molecule has 1 fully saturated rings. The van der Waals surface area contributed by atoms with E-state index < -0.39 is 28.5 Å². The van der Waals surface area contributed by atoms with Crippen LogP contribution in [0.4, 0.5) is 5.69 Å². The van der Waals surface area contributed by atoms with Gasteiger partial charge in [-0.25, -0.2) is 8.42 Å². The number of hydrogen-bond donors (Lipinski definition) is 1. The SMILES string of the molecule is CC[C@@H](C(=O)NC1CCCCC1)N(Cc1cccc(OC)c1)C(=O)CN(c1ccc(C)cc1)S(=O)(=O)c1ccc(OC)c(OC)c1. The molecule has 1 aliphatic carbocycles. The number of nitrogens with zero attached hydrogens (tertiary/aromatic N) is 2. The van der Waals surface area contributed by atoms with Crippen LogP contribution in [0, 0.1) is 6.92 Å². The normalized spacial score (nSPS) is 14.2. The van der Waals surface area contributed by atoms with Crippen molar-refractivity contribution in [3.8, 4) is 17.2 Å². The largest absolute Gasteiger partial charge is 0.497 e. The molecule has 0 radical (unpaired) electrons. The molecule has 11 heteroatoms. The van der Waals surface area contributed by atoms with Gasteiger partial charge in [-0.15, -0.1) is 0 Å². The molecule has 4 rings (SSSR count). The number of hydrogen-bond acceptors (Lipinski definition) is 7. The van der Waals surface area contributed by atoms with Crippen LogP contribution in [0.1, 0.15) is 56.6 Å². The van der Waals surface area contributed by atoms with Crippen LogP contribution in [0.25, 0.3) is 0 Å². The van der Waals surface area contributed by atoms with E-state index in [4.69, 9.17) is 14.2 Å². The smallest absolute Gasteiger partial charge is 0.264 e. The summed E-state index contributed by atoms with van der Waals surface area (Å²) in [6.45, 7) is 3.31. The van der Waals surface area contributed by atoms with E-state index in [1.54, 1.807) is 37.4 Å². The summed E-state index contributed by atoms with van der Waals surface area (Å²) in [6, 6.07) is 17.7. The molecule has 0 aromatic heterocycles. The fraction of sp³-hybridized carbons (Fsp3) is 0.429. The first-order valence-corrected chi connectivity index (χ1v) is 17.1. The van der Waals surface area contributed by atoms with Gasteiger partial charge in [-0.2, -0.15) is 0 Å². The molecule has 0 unspecified atom stereocenters. The maximum absolute atomic E-state index is 14.4. The van der Waals surface area contributed by atoms with Gasteiger partial charge < -0.3 is 24.4 Å². The van der Waals surface area contributed by atoms with Crippen molar-refractivity contribution in [2.45, 2.75) is 75.9 Å². The number of rotatable bonds is 14. The molecule has 1 aliphatic rings. The summed E-state index contributed by atoms with van der Waals surface area (Å²) < 4.78 is 45.7. The maximum atomic E-state index is 14.4. The average molecular weight is 652 g/mol. The molecule has 10 nitrogen and oxygen atoms in total. The standard InChI is InChI=1S/C35H45N3O7S/c1-6-31(35(40)36-27-12-8-7-9-13-27)37(23-26-11-10-14-29(21-26)43-3)34(39)24-38(28-17-15-25(2)16-18-28)46(41,42)30-19-20-32(44-4)33(22-30)45-5/h10-11,14-22,27,31H,6-9,12-13,23-24H2,1-5H3,(H,36,40)/t31-/m0/s1. The first kappa shape index (κ1) is 34.6. The third-order valence-electron chi connectivity index (χ3n) is 8.37. The molecule has 0 aliphatic heterocycles. The maximum Gasteiger partial charge on any atom is 0.264 e. The average Bonchev–Trinajstić information content (AvgIpc) is 3.07. The highest BCUT2D eigenvalue weighted by Gasteiger charge is 2.35. The van der Waals surface area contributed by atoms with Gasteiger partial charge in [0.05, 0.1) is 31.9 Å². The van der Waals surface area contributed by atoms with Crippen LogP contribution >= 0.6 is 0 Å². The van der Waals surface area contributed by atoms with E-state index in [-0.39, 0.29) is 29.1 Å². The molecule has 3 aromatic carbocycles. The number of ether oxygens (including phenoxy) is 3. The monoisotopic (exact) mass is 651 g/mol. The molecular formula is C35H45N3O7S. The highest BCUT2D eigenvalue weighted by atomic mass is 32.2. The van der Waals surface area contributed by atoms with Gasteiger partial charge in [-0.05, 0) is 68.1 Å². The lowest BCUT2D eigenvalue weighted by molar-refractivity contribution is -0.140. The zero-order chi connectivity index (χ0) is 33.3. The second-order valence-corrected chi connectivity index (χ2v) is 13.4. The van der Waals surface area contributed by atoms with Crippen molar-refractivity contribution in [1.29, 1.82) is 0 Å². The minimum atomic E-state index is -4.28. The molecule has 0 heterocycles. The Morgan fingerprint density at radius 1 is 0.891 bits per heavy atom. The van der Waals surface area contributed by atoms with Crippen LogP contribution in [0.15, 0.2) is 71.6 Å². The van der Waals surface area contributed by atoms with E-state index in [2.05, 4.69) is 5.32 Å². The Morgan fingerprint density at radius 3 is 2.22 bits per heavy atom. The number of nitrogens with one attached hydrogen (secondary N) is 1. The van der Waals surface area contributed by atoms with Crippen LogP contribution in [0.3, 0.4) is 0 Å².